The molecule has 1 aromatic heterocycles. The first-order valence-electron chi connectivity index (χ1n) is 5.21. The molecule has 0 aliphatic carbocycles. The van der Waals surface area contributed by atoms with Crippen molar-refractivity contribution in [3.63, 3.8) is 0 Å². The predicted molar refractivity (Wildman–Crippen MR) is 61.0 cm³/mol. The summed E-state index contributed by atoms with van der Waals surface area (Å²) in [5, 5.41) is 13.4. The van der Waals surface area contributed by atoms with Crippen LogP contribution in [0.2, 0.25) is 5.22 Å². The van der Waals surface area contributed by atoms with Crippen molar-refractivity contribution in [2.75, 3.05) is 6.54 Å². The smallest absolute Gasteiger partial charge is 0.193 e. The van der Waals surface area contributed by atoms with Crippen LogP contribution < -0.4 is 5.32 Å². The second-order valence-corrected chi connectivity index (χ2v) is 4.43. The fourth-order valence-electron chi connectivity index (χ4n) is 1.53. The van der Waals surface area contributed by atoms with Crippen molar-refractivity contribution in [3.8, 4) is 0 Å². The van der Waals surface area contributed by atoms with Crippen molar-refractivity contribution < 1.29 is 9.52 Å². The van der Waals surface area contributed by atoms with E-state index in [0.29, 0.717) is 18.3 Å². The largest absolute Gasteiger partial charge is 0.448 e. The summed E-state index contributed by atoms with van der Waals surface area (Å²) in [4.78, 5) is 0. The minimum absolute atomic E-state index is 0.395. The highest BCUT2D eigenvalue weighted by Gasteiger charge is 2.18. The monoisotopic (exact) mass is 231 g/mol. The van der Waals surface area contributed by atoms with Crippen LogP contribution in [-0.2, 0) is 6.54 Å². The van der Waals surface area contributed by atoms with Gasteiger partial charge in [-0.05, 0) is 37.1 Å². The van der Waals surface area contributed by atoms with Crippen LogP contribution in [0.25, 0.3) is 0 Å². The number of furan rings is 1. The van der Waals surface area contributed by atoms with Crippen LogP contribution in [0.15, 0.2) is 16.5 Å². The molecule has 4 heteroatoms. The Labute approximate surface area is 95.4 Å². The maximum Gasteiger partial charge on any atom is 0.193 e. The molecule has 1 heterocycles. The molecule has 86 valence electrons. The Morgan fingerprint density at radius 2 is 2.27 bits per heavy atom. The molecule has 1 unspecified atom stereocenters. The molecule has 0 fully saturated rings. The third-order valence-electron chi connectivity index (χ3n) is 2.22. The van der Waals surface area contributed by atoms with Gasteiger partial charge in [-0.3, -0.25) is 0 Å². The van der Waals surface area contributed by atoms with E-state index in [2.05, 4.69) is 12.2 Å². The quantitative estimate of drug-likeness (QED) is 0.791. The summed E-state index contributed by atoms with van der Waals surface area (Å²) < 4.78 is 5.18. The fourth-order valence-corrected chi connectivity index (χ4v) is 1.69. The lowest BCUT2D eigenvalue weighted by atomic mass is 10.0. The average molecular weight is 232 g/mol. The van der Waals surface area contributed by atoms with Crippen molar-refractivity contribution in [2.24, 2.45) is 0 Å². The number of rotatable bonds is 6. The van der Waals surface area contributed by atoms with Crippen LogP contribution in [-0.4, -0.2) is 17.3 Å². The van der Waals surface area contributed by atoms with E-state index >= 15 is 0 Å². The third kappa shape index (κ3) is 4.69. The van der Waals surface area contributed by atoms with Crippen LogP contribution in [0, 0.1) is 0 Å². The standard InChI is InChI=1S/C11H18ClNO2/c1-3-6-11(2,14)8-13-7-9-4-5-10(12)15-9/h4-5,13-14H,3,6-8H2,1-2H3. The Bertz CT molecular complexity index is 297. The predicted octanol–water partition coefficient (Wildman–Crippen LogP) is 2.57. The number of aliphatic hydroxyl groups is 1. The molecule has 0 spiro atoms. The lowest BCUT2D eigenvalue weighted by Crippen LogP contribution is -2.37. The molecule has 1 aromatic rings. The first-order valence-corrected chi connectivity index (χ1v) is 5.58. The van der Waals surface area contributed by atoms with Crippen LogP contribution >= 0.6 is 11.6 Å². The topological polar surface area (TPSA) is 45.4 Å². The molecule has 0 radical (unpaired) electrons. The molecule has 0 aromatic carbocycles. The van der Waals surface area contributed by atoms with Crippen molar-refractivity contribution in [1.82, 2.24) is 5.32 Å². The fraction of sp³-hybridized carbons (Fsp3) is 0.636. The number of hydrogen-bond acceptors (Lipinski definition) is 3. The zero-order valence-electron chi connectivity index (χ0n) is 9.22. The van der Waals surface area contributed by atoms with Crippen LogP contribution in [0.3, 0.4) is 0 Å². The lowest BCUT2D eigenvalue weighted by Gasteiger charge is -2.22. The zero-order valence-corrected chi connectivity index (χ0v) is 9.97. The molecule has 1 rings (SSSR count). The minimum Gasteiger partial charge on any atom is -0.448 e. The van der Waals surface area contributed by atoms with E-state index in [9.17, 15) is 5.11 Å². The summed E-state index contributed by atoms with van der Waals surface area (Å²) in [6.45, 7) is 5.03. The molecule has 0 aliphatic heterocycles. The Morgan fingerprint density at radius 1 is 1.53 bits per heavy atom. The van der Waals surface area contributed by atoms with Gasteiger partial charge in [0.05, 0.1) is 12.1 Å². The van der Waals surface area contributed by atoms with E-state index in [0.717, 1.165) is 18.6 Å². The summed E-state index contributed by atoms with van der Waals surface area (Å²) in [5.41, 5.74) is -0.648. The molecule has 2 N–H and O–H groups in total. The molecular weight excluding hydrogens is 214 g/mol. The highest BCUT2D eigenvalue weighted by atomic mass is 35.5. The Hall–Kier alpha value is -0.510. The lowest BCUT2D eigenvalue weighted by molar-refractivity contribution is 0.0494. The van der Waals surface area contributed by atoms with Crippen molar-refractivity contribution in [2.45, 2.75) is 38.8 Å². The number of nitrogens with one attached hydrogen (secondary N) is 1. The van der Waals surface area contributed by atoms with Crippen LogP contribution in [0.1, 0.15) is 32.4 Å². The van der Waals surface area contributed by atoms with Gasteiger partial charge >= 0.3 is 0 Å². The number of halogens is 1. The van der Waals surface area contributed by atoms with Crippen LogP contribution in [0.5, 0.6) is 0 Å². The van der Waals surface area contributed by atoms with Crippen molar-refractivity contribution >= 4 is 11.6 Å². The molecule has 15 heavy (non-hydrogen) atoms. The minimum atomic E-state index is -0.648. The summed E-state index contributed by atoms with van der Waals surface area (Å²) in [6, 6.07) is 3.53. The molecule has 0 saturated heterocycles. The molecular formula is C11H18ClNO2. The Morgan fingerprint density at radius 3 is 2.80 bits per heavy atom. The van der Waals surface area contributed by atoms with Crippen molar-refractivity contribution in [1.29, 1.82) is 0 Å². The summed E-state index contributed by atoms with van der Waals surface area (Å²) in [7, 11) is 0. The van der Waals surface area contributed by atoms with E-state index in [1.54, 1.807) is 6.07 Å². The highest BCUT2D eigenvalue weighted by molar-refractivity contribution is 6.28. The molecule has 0 amide bonds. The molecule has 3 nitrogen and oxygen atoms in total. The SMILES string of the molecule is CCCC(C)(O)CNCc1ccc(Cl)o1. The van der Waals surface area contributed by atoms with E-state index < -0.39 is 5.60 Å². The Balaban J connectivity index is 2.27. The molecule has 0 saturated carbocycles. The molecule has 1 atom stereocenters. The van der Waals surface area contributed by atoms with Crippen molar-refractivity contribution in [3.05, 3.63) is 23.1 Å². The summed E-state index contributed by atoms with van der Waals surface area (Å²) in [5.74, 6) is 0.785. The normalized spacial score (nSPS) is 15.2. The third-order valence-corrected chi connectivity index (χ3v) is 2.43. The second kappa shape index (κ2) is 5.54. The molecule has 0 bridgehead atoms. The number of hydrogen-bond donors (Lipinski definition) is 2. The zero-order chi connectivity index (χ0) is 11.3. The van der Waals surface area contributed by atoms with Gasteiger partial charge in [-0.2, -0.15) is 0 Å². The van der Waals surface area contributed by atoms with Gasteiger partial charge < -0.3 is 14.8 Å². The summed E-state index contributed by atoms with van der Waals surface area (Å²) >= 11 is 5.64. The highest BCUT2D eigenvalue weighted by Crippen LogP contribution is 2.14. The van der Waals surface area contributed by atoms with Gasteiger partial charge in [0, 0.05) is 6.54 Å². The van der Waals surface area contributed by atoms with Gasteiger partial charge in [0.15, 0.2) is 5.22 Å². The second-order valence-electron chi connectivity index (χ2n) is 4.06. The molecule has 0 aliphatic rings. The van der Waals surface area contributed by atoms with Gasteiger partial charge in [0.25, 0.3) is 0 Å². The average Bonchev–Trinajstić information content (AvgIpc) is 2.51. The maximum absolute atomic E-state index is 9.88. The summed E-state index contributed by atoms with van der Waals surface area (Å²) in [6.07, 6.45) is 1.76. The Kier molecular flexibility index (Phi) is 4.64. The first kappa shape index (κ1) is 12.6. The van der Waals surface area contributed by atoms with Gasteiger partial charge in [0.1, 0.15) is 5.76 Å². The van der Waals surface area contributed by atoms with E-state index in [-0.39, 0.29) is 0 Å². The first-order chi connectivity index (χ1) is 7.03. The van der Waals surface area contributed by atoms with Gasteiger partial charge in [-0.15, -0.1) is 0 Å². The van der Waals surface area contributed by atoms with Gasteiger partial charge in [0.2, 0.25) is 0 Å². The maximum atomic E-state index is 9.88. The van der Waals surface area contributed by atoms with Gasteiger partial charge in [-0.1, -0.05) is 13.3 Å². The van der Waals surface area contributed by atoms with E-state index in [4.69, 9.17) is 16.0 Å². The van der Waals surface area contributed by atoms with E-state index in [1.165, 1.54) is 0 Å². The van der Waals surface area contributed by atoms with Gasteiger partial charge in [-0.25, -0.2) is 0 Å². The van der Waals surface area contributed by atoms with E-state index in [1.807, 2.05) is 13.0 Å². The van der Waals surface area contributed by atoms with Crippen LogP contribution in [0.4, 0.5) is 0 Å².